The van der Waals surface area contributed by atoms with Crippen molar-refractivity contribution < 1.29 is 9.90 Å². The van der Waals surface area contributed by atoms with E-state index in [2.05, 4.69) is 0 Å². The first-order chi connectivity index (χ1) is 1.41. The van der Waals surface area contributed by atoms with Gasteiger partial charge in [-0.15, -0.1) is 0 Å². The first-order valence-electron chi connectivity index (χ1n) is 0.494. The van der Waals surface area contributed by atoms with Crippen LogP contribution in [0.4, 0.5) is 0 Å². The Labute approximate surface area is 46.1 Å². The molecule has 4 heavy (non-hydrogen) atoms. The van der Waals surface area contributed by atoms with E-state index in [1.165, 1.54) is 0 Å². The van der Waals surface area contributed by atoms with Crippen molar-refractivity contribution in [2.24, 2.45) is 0 Å². The SMILES string of the molecule is O=[14CH]O.[Na]. The summed E-state index contributed by atoms with van der Waals surface area (Å²) in [5.74, 6) is 0. The molecule has 0 aromatic carbocycles. The van der Waals surface area contributed by atoms with E-state index in [1.54, 1.807) is 0 Å². The van der Waals surface area contributed by atoms with Gasteiger partial charge in [0.2, 0.25) is 0 Å². The summed E-state index contributed by atoms with van der Waals surface area (Å²) in [6.07, 6.45) is 0. The van der Waals surface area contributed by atoms with Gasteiger partial charge in [-0.1, -0.05) is 0 Å². The summed E-state index contributed by atoms with van der Waals surface area (Å²) in [5.41, 5.74) is 0. The van der Waals surface area contributed by atoms with E-state index in [4.69, 9.17) is 9.90 Å². The van der Waals surface area contributed by atoms with Gasteiger partial charge in [0.1, 0.15) is 0 Å². The van der Waals surface area contributed by atoms with E-state index in [0.717, 1.165) is 0 Å². The van der Waals surface area contributed by atoms with E-state index in [9.17, 15) is 0 Å². The molecule has 0 saturated carbocycles. The van der Waals surface area contributed by atoms with E-state index >= 15 is 0 Å². The number of carboxylic acid groups (broad SMARTS) is 1. The van der Waals surface area contributed by atoms with Crippen LogP contribution >= 0.6 is 0 Å². The average Bonchev–Trinajstić information content (AvgIpc) is 0.918. The molecule has 19 valence electrons. The summed E-state index contributed by atoms with van der Waals surface area (Å²) in [7, 11) is 0. The van der Waals surface area contributed by atoms with Gasteiger partial charge in [0.25, 0.3) is 6.47 Å². The summed E-state index contributed by atoms with van der Waals surface area (Å²) in [6.45, 7) is -0.250. The minimum absolute atomic E-state index is 0. The minimum atomic E-state index is -0.250. The summed E-state index contributed by atoms with van der Waals surface area (Å²) in [4.78, 5) is 8.36. The van der Waals surface area contributed by atoms with Crippen molar-refractivity contribution in [3.05, 3.63) is 0 Å². The van der Waals surface area contributed by atoms with Gasteiger partial charge in [0, 0.05) is 29.6 Å². The average molecular weight is 71.0 g/mol. The van der Waals surface area contributed by atoms with E-state index < -0.39 is 0 Å². The van der Waals surface area contributed by atoms with Crippen LogP contribution in [0.1, 0.15) is 0 Å². The van der Waals surface area contributed by atoms with Crippen LogP contribution in [0.2, 0.25) is 0 Å². The third-order valence-corrected chi connectivity index (χ3v) is 0. The number of hydrogen-bond acceptors (Lipinski definition) is 1. The van der Waals surface area contributed by atoms with E-state index in [-0.39, 0.29) is 36.0 Å². The predicted octanol–water partition coefficient (Wildman–Crippen LogP) is -0.680. The maximum absolute atomic E-state index is 8.36. The van der Waals surface area contributed by atoms with Crippen LogP contribution in [-0.2, 0) is 4.79 Å². The second kappa shape index (κ2) is 9.80. The summed E-state index contributed by atoms with van der Waals surface area (Å²) in [6, 6.07) is 0. The van der Waals surface area contributed by atoms with Crippen LogP contribution in [0, 0.1) is 0 Å². The van der Waals surface area contributed by atoms with Gasteiger partial charge in [0.05, 0.1) is 0 Å². The second-order valence-electron chi connectivity index (χ2n) is 0.105. The quantitative estimate of drug-likeness (QED) is 0.303. The minimum Gasteiger partial charge on any atom is -0.483 e. The first kappa shape index (κ1) is 8.82. The maximum Gasteiger partial charge on any atom is 0.290 e. The fraction of sp³-hybridized carbons (Fsp3) is 0. The number of carbonyl (C=O) groups is 1. The Hall–Kier alpha value is 0.470. The van der Waals surface area contributed by atoms with Crippen LogP contribution in [0.5, 0.6) is 0 Å². The van der Waals surface area contributed by atoms with Gasteiger partial charge >= 0.3 is 0 Å². The number of hydrogen-bond donors (Lipinski definition) is 1. The molecular formula is CH2NaO2. The molecule has 0 bridgehead atoms. The van der Waals surface area contributed by atoms with E-state index in [1.807, 2.05) is 0 Å². The standard InChI is InChI=1S/CH2O2.Na/c2-1-3;/h1H,(H,2,3);/i1+2;. The van der Waals surface area contributed by atoms with Crippen molar-refractivity contribution in [3.8, 4) is 0 Å². The van der Waals surface area contributed by atoms with Crippen LogP contribution in [0.3, 0.4) is 0 Å². The Balaban J connectivity index is 0. The third-order valence-electron chi connectivity index (χ3n) is 0. The number of rotatable bonds is 0. The molecular weight excluding hydrogens is 69.0 g/mol. The third kappa shape index (κ3) is 24.2. The second-order valence-corrected chi connectivity index (χ2v) is 0.105. The molecule has 0 heterocycles. The van der Waals surface area contributed by atoms with Crippen molar-refractivity contribution in [2.75, 3.05) is 0 Å². The Morgan fingerprint density at radius 1 is 1.75 bits per heavy atom. The molecule has 0 amide bonds. The van der Waals surface area contributed by atoms with Crippen LogP contribution in [-0.4, -0.2) is 41.1 Å². The Morgan fingerprint density at radius 3 is 1.75 bits per heavy atom. The van der Waals surface area contributed by atoms with E-state index in [0.29, 0.717) is 0 Å². The van der Waals surface area contributed by atoms with Crippen molar-refractivity contribution in [1.29, 1.82) is 0 Å². The maximum atomic E-state index is 8.36. The zero-order chi connectivity index (χ0) is 2.71. The predicted molar refractivity (Wildman–Crippen MR) is 14.4 cm³/mol. The molecule has 1 radical (unpaired) electrons. The monoisotopic (exact) mass is 71.0 g/mol. The van der Waals surface area contributed by atoms with Gasteiger partial charge in [-0.3, -0.25) is 4.79 Å². The molecule has 0 aliphatic heterocycles. The molecule has 2 nitrogen and oxygen atoms in total. The molecule has 0 atom stereocenters. The molecule has 0 fully saturated rings. The van der Waals surface area contributed by atoms with Crippen LogP contribution < -0.4 is 0 Å². The molecule has 0 aromatic heterocycles. The summed E-state index contributed by atoms with van der Waals surface area (Å²) >= 11 is 0. The largest absolute Gasteiger partial charge is 0.483 e. The van der Waals surface area contributed by atoms with Gasteiger partial charge in [-0.05, 0) is 0 Å². The Bertz CT molecular complexity index is 13.5. The van der Waals surface area contributed by atoms with Gasteiger partial charge in [-0.25, -0.2) is 0 Å². The zero-order valence-corrected chi connectivity index (χ0v) is 4.43. The van der Waals surface area contributed by atoms with Crippen LogP contribution in [0.25, 0.3) is 0 Å². The van der Waals surface area contributed by atoms with Crippen molar-refractivity contribution >= 4 is 36.0 Å². The topological polar surface area (TPSA) is 37.3 Å². The molecule has 0 aliphatic rings. The first-order valence-corrected chi connectivity index (χ1v) is 0.494. The Morgan fingerprint density at radius 2 is 1.75 bits per heavy atom. The van der Waals surface area contributed by atoms with Gasteiger partial charge in [0.15, 0.2) is 0 Å². The molecule has 0 unspecified atom stereocenters. The van der Waals surface area contributed by atoms with Crippen molar-refractivity contribution in [3.63, 3.8) is 0 Å². The molecule has 0 spiro atoms. The van der Waals surface area contributed by atoms with Crippen molar-refractivity contribution in [1.82, 2.24) is 0 Å². The smallest absolute Gasteiger partial charge is 0.290 e. The van der Waals surface area contributed by atoms with Crippen molar-refractivity contribution in [2.45, 2.75) is 0 Å². The molecule has 0 aliphatic carbocycles. The normalized spacial score (nSPS) is 3.00. The van der Waals surface area contributed by atoms with Crippen LogP contribution in [0.15, 0.2) is 0 Å². The summed E-state index contributed by atoms with van der Waals surface area (Å²) in [5, 5.41) is 6.89. The molecule has 0 saturated heterocycles. The van der Waals surface area contributed by atoms with Gasteiger partial charge < -0.3 is 5.11 Å². The Kier molecular flexibility index (Phi) is 21.6. The molecule has 0 rings (SSSR count). The fourth-order valence-corrected chi connectivity index (χ4v) is 0. The molecule has 0 aromatic rings. The van der Waals surface area contributed by atoms with Gasteiger partial charge in [-0.2, -0.15) is 0 Å². The fourth-order valence-electron chi connectivity index (χ4n) is 0. The zero-order valence-electron chi connectivity index (χ0n) is 2.43. The summed E-state index contributed by atoms with van der Waals surface area (Å²) < 4.78 is 0. The molecule has 1 N–H and O–H groups in total. The molecule has 3 heteroatoms.